The summed E-state index contributed by atoms with van der Waals surface area (Å²) < 4.78 is 0. The van der Waals surface area contributed by atoms with Crippen molar-refractivity contribution in [1.29, 1.82) is 0 Å². The lowest BCUT2D eigenvalue weighted by atomic mass is 10.3. The lowest BCUT2D eigenvalue weighted by molar-refractivity contribution is 0.548. The number of rotatable bonds is 4. The van der Waals surface area contributed by atoms with Gasteiger partial charge < -0.3 is 5.32 Å². The van der Waals surface area contributed by atoms with Crippen molar-refractivity contribution in [3.8, 4) is 0 Å². The molecule has 0 aliphatic heterocycles. The van der Waals surface area contributed by atoms with Gasteiger partial charge in [-0.05, 0) is 17.7 Å². The van der Waals surface area contributed by atoms with Crippen molar-refractivity contribution in [2.24, 2.45) is 0 Å². The minimum atomic E-state index is 0.280. The molecule has 1 aromatic heterocycles. The summed E-state index contributed by atoms with van der Waals surface area (Å²) in [5.41, 5.74) is 1.12. The molecule has 1 heterocycles. The molecule has 1 rings (SSSR count). The number of nitrogens with one attached hydrogen (secondary N) is 1. The van der Waals surface area contributed by atoms with E-state index in [1.807, 2.05) is 12.1 Å². The second-order valence-electron chi connectivity index (χ2n) is 2.10. The van der Waals surface area contributed by atoms with Crippen LogP contribution in [0.15, 0.2) is 24.5 Å². The molecule has 1 aromatic rings. The maximum atomic E-state index is 9.80. The van der Waals surface area contributed by atoms with E-state index in [2.05, 4.69) is 10.3 Å². The van der Waals surface area contributed by atoms with Crippen molar-refractivity contribution in [3.63, 3.8) is 0 Å². The van der Waals surface area contributed by atoms with Gasteiger partial charge in [-0.2, -0.15) is 0 Å². The molecule has 3 heteroatoms. The minimum absolute atomic E-state index is 0.280. The quantitative estimate of drug-likeness (QED) is 0.625. The van der Waals surface area contributed by atoms with Crippen LogP contribution in [0.4, 0.5) is 0 Å². The first kappa shape index (κ1) is 7.88. The number of carbonyl (C=O) groups excluding carboxylic acids is 1. The molecule has 0 aliphatic rings. The molecule has 0 bridgehead atoms. The Morgan fingerprint density at radius 1 is 1.45 bits per heavy atom. The largest absolute Gasteiger partial charge is 0.305 e. The molecule has 0 saturated heterocycles. The van der Waals surface area contributed by atoms with Crippen LogP contribution in [0.3, 0.4) is 0 Å². The van der Waals surface area contributed by atoms with Gasteiger partial charge >= 0.3 is 0 Å². The second kappa shape index (κ2) is 4.57. The number of nitrogens with zero attached hydrogens (tertiary/aromatic N) is 1. The monoisotopic (exact) mass is 149 g/mol. The Morgan fingerprint density at radius 3 is 2.82 bits per heavy atom. The topological polar surface area (TPSA) is 42.0 Å². The van der Waals surface area contributed by atoms with Crippen LogP contribution in [0.25, 0.3) is 0 Å². The first-order chi connectivity index (χ1) is 5.43. The molecule has 1 radical (unpaired) electrons. The Morgan fingerprint density at radius 2 is 2.18 bits per heavy atom. The van der Waals surface area contributed by atoms with Gasteiger partial charge in [0.15, 0.2) is 0 Å². The van der Waals surface area contributed by atoms with Crippen molar-refractivity contribution < 1.29 is 4.79 Å². The Bertz CT molecular complexity index is 211. The van der Waals surface area contributed by atoms with Crippen molar-refractivity contribution in [1.82, 2.24) is 10.3 Å². The average molecular weight is 149 g/mol. The highest BCUT2D eigenvalue weighted by Gasteiger charge is 1.88. The third kappa shape index (κ3) is 2.91. The zero-order chi connectivity index (χ0) is 7.94. The molecule has 0 spiro atoms. The van der Waals surface area contributed by atoms with Gasteiger partial charge in [0.1, 0.15) is 0 Å². The summed E-state index contributed by atoms with van der Waals surface area (Å²) in [6.07, 6.45) is 5.21. The molecule has 57 valence electrons. The smallest absolute Gasteiger partial charge is 0.213 e. The van der Waals surface area contributed by atoms with Crippen LogP contribution < -0.4 is 5.32 Å². The predicted molar refractivity (Wildman–Crippen MR) is 41.6 cm³/mol. The van der Waals surface area contributed by atoms with Crippen LogP contribution >= 0.6 is 0 Å². The van der Waals surface area contributed by atoms with Crippen molar-refractivity contribution in [2.75, 3.05) is 6.54 Å². The minimum Gasteiger partial charge on any atom is -0.305 e. The van der Waals surface area contributed by atoms with Gasteiger partial charge in [0.25, 0.3) is 0 Å². The van der Waals surface area contributed by atoms with E-state index >= 15 is 0 Å². The molecule has 0 aromatic carbocycles. The third-order valence-corrected chi connectivity index (χ3v) is 1.28. The van der Waals surface area contributed by atoms with Crippen LogP contribution in [-0.2, 0) is 11.3 Å². The SMILES string of the molecule is O=[C]CNCc1ccncc1. The molecule has 0 amide bonds. The van der Waals surface area contributed by atoms with E-state index in [4.69, 9.17) is 0 Å². The van der Waals surface area contributed by atoms with E-state index in [0.29, 0.717) is 6.54 Å². The number of hydrogen-bond donors (Lipinski definition) is 1. The lowest BCUT2D eigenvalue weighted by Crippen LogP contribution is -2.15. The predicted octanol–water partition coefficient (Wildman–Crippen LogP) is 0.281. The van der Waals surface area contributed by atoms with Crippen molar-refractivity contribution in [2.45, 2.75) is 6.54 Å². The fourth-order valence-corrected chi connectivity index (χ4v) is 0.759. The molecule has 11 heavy (non-hydrogen) atoms. The van der Waals surface area contributed by atoms with E-state index < -0.39 is 0 Å². The maximum absolute atomic E-state index is 9.80. The van der Waals surface area contributed by atoms with E-state index in [0.717, 1.165) is 5.56 Å². The fourth-order valence-electron chi connectivity index (χ4n) is 0.759. The molecule has 0 aliphatic carbocycles. The molecule has 3 nitrogen and oxygen atoms in total. The molecule has 0 saturated carbocycles. The summed E-state index contributed by atoms with van der Waals surface area (Å²) in [7, 11) is 0. The summed E-state index contributed by atoms with van der Waals surface area (Å²) in [4.78, 5) is 13.7. The Balaban J connectivity index is 2.33. The van der Waals surface area contributed by atoms with Crippen LogP contribution in [0.1, 0.15) is 5.56 Å². The molecular weight excluding hydrogens is 140 g/mol. The van der Waals surface area contributed by atoms with Gasteiger partial charge in [-0.25, -0.2) is 0 Å². The van der Waals surface area contributed by atoms with Crippen LogP contribution in [-0.4, -0.2) is 17.8 Å². The number of aromatic nitrogens is 1. The molecule has 0 atom stereocenters. The zero-order valence-electron chi connectivity index (χ0n) is 6.08. The summed E-state index contributed by atoms with van der Waals surface area (Å²) >= 11 is 0. The van der Waals surface area contributed by atoms with Crippen LogP contribution in [0.2, 0.25) is 0 Å². The summed E-state index contributed by atoms with van der Waals surface area (Å²) in [5.74, 6) is 0. The third-order valence-electron chi connectivity index (χ3n) is 1.28. The highest BCUT2D eigenvalue weighted by molar-refractivity contribution is 5.52. The molecule has 0 unspecified atom stereocenters. The van der Waals surface area contributed by atoms with Gasteiger partial charge in [0.05, 0.1) is 6.54 Å². The van der Waals surface area contributed by atoms with Gasteiger partial charge in [0.2, 0.25) is 6.29 Å². The highest BCUT2D eigenvalue weighted by Crippen LogP contribution is 1.93. The first-order valence-electron chi connectivity index (χ1n) is 3.38. The summed E-state index contributed by atoms with van der Waals surface area (Å²) in [6.45, 7) is 0.972. The first-order valence-corrected chi connectivity index (χ1v) is 3.38. The normalized spacial score (nSPS) is 9.45. The Labute approximate surface area is 65.5 Å². The average Bonchev–Trinajstić information content (AvgIpc) is 2.07. The Hall–Kier alpha value is -1.22. The van der Waals surface area contributed by atoms with Crippen molar-refractivity contribution in [3.05, 3.63) is 30.1 Å². The number of hydrogen-bond acceptors (Lipinski definition) is 3. The zero-order valence-corrected chi connectivity index (χ0v) is 6.08. The summed E-state index contributed by atoms with van der Waals surface area (Å²) in [5, 5.41) is 2.90. The Kier molecular flexibility index (Phi) is 3.28. The second-order valence-corrected chi connectivity index (χ2v) is 2.10. The molecular formula is C8H9N2O. The fraction of sp³-hybridized carbons (Fsp3) is 0.250. The van der Waals surface area contributed by atoms with Crippen molar-refractivity contribution >= 4 is 6.29 Å². The van der Waals surface area contributed by atoms with Gasteiger partial charge in [-0.1, -0.05) is 0 Å². The highest BCUT2D eigenvalue weighted by atomic mass is 16.1. The van der Waals surface area contributed by atoms with Gasteiger partial charge in [-0.3, -0.25) is 9.78 Å². The number of pyridine rings is 1. The van der Waals surface area contributed by atoms with Crippen LogP contribution in [0, 0.1) is 0 Å². The van der Waals surface area contributed by atoms with Gasteiger partial charge in [0, 0.05) is 18.9 Å². The lowest BCUT2D eigenvalue weighted by Gasteiger charge is -1.98. The van der Waals surface area contributed by atoms with E-state index in [1.54, 1.807) is 18.7 Å². The van der Waals surface area contributed by atoms with E-state index in [-0.39, 0.29) is 6.54 Å². The van der Waals surface area contributed by atoms with E-state index in [9.17, 15) is 4.79 Å². The standard InChI is InChI=1S/C8H9N2O/c11-6-5-10-7-8-1-3-9-4-2-8/h1-4,10H,5,7H2. The van der Waals surface area contributed by atoms with E-state index in [1.165, 1.54) is 0 Å². The van der Waals surface area contributed by atoms with Gasteiger partial charge in [-0.15, -0.1) is 0 Å². The maximum Gasteiger partial charge on any atom is 0.213 e. The summed E-state index contributed by atoms with van der Waals surface area (Å²) in [6, 6.07) is 3.80. The molecule has 1 N–H and O–H groups in total. The van der Waals surface area contributed by atoms with Crippen LogP contribution in [0.5, 0.6) is 0 Å². The molecule has 0 fully saturated rings.